The molecule has 1 aromatic heterocycles. The first-order chi connectivity index (χ1) is 12.1. The number of carbonyl (C=O) groups excluding carboxylic acids is 1. The molecule has 0 unspecified atom stereocenters. The Bertz CT molecular complexity index is 801. The fourth-order valence-corrected chi connectivity index (χ4v) is 3.73. The monoisotopic (exact) mass is 341 g/mol. The van der Waals surface area contributed by atoms with Crippen LogP contribution in [0.1, 0.15) is 73.2 Å². The highest BCUT2D eigenvalue weighted by molar-refractivity contribution is 5.98. The third-order valence-electron chi connectivity index (χ3n) is 5.37. The van der Waals surface area contributed by atoms with Gasteiger partial charge in [-0.3, -0.25) is 4.79 Å². The van der Waals surface area contributed by atoms with Crippen molar-refractivity contribution in [1.29, 1.82) is 0 Å². The number of ether oxygens (including phenoxy) is 1. The van der Waals surface area contributed by atoms with E-state index < -0.39 is 0 Å². The molecule has 1 saturated heterocycles. The van der Waals surface area contributed by atoms with Gasteiger partial charge in [-0.05, 0) is 25.8 Å². The first kappa shape index (κ1) is 16.1. The normalized spacial score (nSPS) is 25.1. The van der Waals surface area contributed by atoms with Crippen LogP contribution in [0, 0.1) is 0 Å². The number of benzene rings is 1. The average Bonchev–Trinajstić information content (AvgIpc) is 3.33. The topological polar surface area (TPSA) is 68.5 Å². The molecule has 0 bridgehead atoms. The number of amides is 1. The standard InChI is InChI=1S/C19H23N3O3/c1-4-16-20-18(21-25-16)15-9-6-10-22(15)19(23)14-8-5-7-13-11(2)12(3)24-17(13)14/h5,7-8,11-12,15H,4,6,9-10H2,1-3H3/t11-,12-,15-/m0/s1. The minimum atomic E-state index is -0.122. The maximum absolute atomic E-state index is 13.2. The Balaban J connectivity index is 1.65. The molecule has 1 amide bonds. The molecule has 2 aliphatic heterocycles. The van der Waals surface area contributed by atoms with Crippen LogP contribution in [0.25, 0.3) is 0 Å². The van der Waals surface area contributed by atoms with Gasteiger partial charge >= 0.3 is 0 Å². The Labute approximate surface area is 147 Å². The van der Waals surface area contributed by atoms with E-state index in [1.54, 1.807) is 0 Å². The number of nitrogens with zero attached hydrogens (tertiary/aromatic N) is 3. The summed E-state index contributed by atoms with van der Waals surface area (Å²) < 4.78 is 11.2. The molecular weight excluding hydrogens is 318 g/mol. The molecule has 1 aromatic carbocycles. The van der Waals surface area contributed by atoms with Gasteiger partial charge < -0.3 is 14.2 Å². The second kappa shape index (κ2) is 6.17. The largest absolute Gasteiger partial charge is 0.489 e. The van der Waals surface area contributed by atoms with E-state index in [2.05, 4.69) is 23.1 Å². The number of rotatable bonds is 3. The summed E-state index contributed by atoms with van der Waals surface area (Å²) in [6.45, 7) is 6.86. The quantitative estimate of drug-likeness (QED) is 0.855. The molecule has 25 heavy (non-hydrogen) atoms. The molecule has 6 nitrogen and oxygen atoms in total. The molecule has 3 heterocycles. The Hall–Kier alpha value is -2.37. The Morgan fingerprint density at radius 3 is 2.96 bits per heavy atom. The summed E-state index contributed by atoms with van der Waals surface area (Å²) in [5.74, 6) is 2.24. The molecule has 0 N–H and O–H groups in total. The Morgan fingerprint density at radius 2 is 2.20 bits per heavy atom. The van der Waals surface area contributed by atoms with Crippen LogP contribution in [0.3, 0.4) is 0 Å². The van der Waals surface area contributed by atoms with Crippen molar-refractivity contribution in [3.63, 3.8) is 0 Å². The molecule has 0 aliphatic carbocycles. The molecule has 132 valence electrons. The molecule has 0 radical (unpaired) electrons. The second-order valence-corrected chi connectivity index (χ2v) is 6.89. The van der Waals surface area contributed by atoms with Crippen molar-refractivity contribution in [3.8, 4) is 5.75 Å². The summed E-state index contributed by atoms with van der Waals surface area (Å²) in [4.78, 5) is 19.5. The van der Waals surface area contributed by atoms with Gasteiger partial charge in [0.2, 0.25) is 5.89 Å². The van der Waals surface area contributed by atoms with Crippen LogP contribution in [0.4, 0.5) is 0 Å². The van der Waals surface area contributed by atoms with E-state index in [0.29, 0.717) is 36.2 Å². The number of aromatic nitrogens is 2. The van der Waals surface area contributed by atoms with E-state index in [9.17, 15) is 4.79 Å². The minimum absolute atomic E-state index is 0.0106. The van der Waals surface area contributed by atoms with Crippen molar-refractivity contribution in [2.45, 2.75) is 58.1 Å². The van der Waals surface area contributed by atoms with Crippen molar-refractivity contribution in [3.05, 3.63) is 41.0 Å². The van der Waals surface area contributed by atoms with Crippen molar-refractivity contribution in [1.82, 2.24) is 15.0 Å². The molecule has 4 rings (SSSR count). The molecule has 2 aromatic rings. The minimum Gasteiger partial charge on any atom is -0.489 e. The third kappa shape index (κ3) is 2.60. The highest BCUT2D eigenvalue weighted by atomic mass is 16.5. The van der Waals surface area contributed by atoms with Gasteiger partial charge in [-0.1, -0.05) is 31.1 Å². The Kier molecular flexibility index (Phi) is 3.98. The van der Waals surface area contributed by atoms with Gasteiger partial charge in [0, 0.05) is 24.4 Å². The fraction of sp³-hybridized carbons (Fsp3) is 0.526. The highest BCUT2D eigenvalue weighted by Crippen LogP contribution is 2.42. The molecular formula is C19H23N3O3. The fourth-order valence-electron chi connectivity index (χ4n) is 3.73. The molecule has 6 heteroatoms. The second-order valence-electron chi connectivity index (χ2n) is 6.89. The first-order valence-electron chi connectivity index (χ1n) is 9.03. The zero-order valence-electron chi connectivity index (χ0n) is 14.9. The molecule has 3 atom stereocenters. The lowest BCUT2D eigenvalue weighted by Gasteiger charge is -2.23. The van der Waals surface area contributed by atoms with Gasteiger partial charge in [-0.2, -0.15) is 4.98 Å². The number of carbonyl (C=O) groups is 1. The summed E-state index contributed by atoms with van der Waals surface area (Å²) in [5, 5.41) is 4.08. The van der Waals surface area contributed by atoms with Crippen LogP contribution in [-0.4, -0.2) is 33.6 Å². The molecule has 2 aliphatic rings. The zero-order chi connectivity index (χ0) is 17.6. The van der Waals surface area contributed by atoms with Gasteiger partial charge in [0.05, 0.1) is 11.6 Å². The predicted octanol–water partition coefficient (Wildman–Crippen LogP) is 3.49. The summed E-state index contributed by atoms with van der Waals surface area (Å²) in [6.07, 6.45) is 2.58. The van der Waals surface area contributed by atoms with Gasteiger partial charge in [0.15, 0.2) is 5.82 Å². The van der Waals surface area contributed by atoms with Gasteiger partial charge in [-0.25, -0.2) is 0 Å². The van der Waals surface area contributed by atoms with Crippen LogP contribution in [0.15, 0.2) is 22.7 Å². The summed E-state index contributed by atoms with van der Waals surface area (Å²) in [7, 11) is 0. The smallest absolute Gasteiger partial charge is 0.258 e. The number of likely N-dealkylation sites (tertiary alicyclic amines) is 1. The van der Waals surface area contributed by atoms with E-state index in [-0.39, 0.29) is 18.1 Å². The van der Waals surface area contributed by atoms with Gasteiger partial charge in [0.1, 0.15) is 11.9 Å². The zero-order valence-corrected chi connectivity index (χ0v) is 14.9. The first-order valence-corrected chi connectivity index (χ1v) is 9.03. The summed E-state index contributed by atoms with van der Waals surface area (Å²) in [6, 6.07) is 5.73. The maximum atomic E-state index is 13.2. The average molecular weight is 341 g/mol. The highest BCUT2D eigenvalue weighted by Gasteiger charge is 2.37. The summed E-state index contributed by atoms with van der Waals surface area (Å²) in [5.41, 5.74) is 1.75. The number of hydrogen-bond donors (Lipinski definition) is 0. The predicted molar refractivity (Wildman–Crippen MR) is 91.6 cm³/mol. The lowest BCUT2D eigenvalue weighted by atomic mass is 9.96. The number of aryl methyl sites for hydroxylation is 1. The van der Waals surface area contributed by atoms with E-state index >= 15 is 0 Å². The SMILES string of the molecule is CCc1nc([C@@H]2CCCN2C(=O)c2cccc3c2O[C@@H](C)[C@@H]3C)no1. The number of para-hydroxylation sites is 1. The van der Waals surface area contributed by atoms with E-state index in [1.807, 2.05) is 30.9 Å². The molecule has 1 fully saturated rings. The third-order valence-corrected chi connectivity index (χ3v) is 5.37. The van der Waals surface area contributed by atoms with Crippen LogP contribution in [0.2, 0.25) is 0 Å². The number of hydrogen-bond acceptors (Lipinski definition) is 5. The van der Waals surface area contributed by atoms with E-state index in [1.165, 1.54) is 0 Å². The lowest BCUT2D eigenvalue weighted by molar-refractivity contribution is 0.0723. The lowest BCUT2D eigenvalue weighted by Crippen LogP contribution is -2.31. The van der Waals surface area contributed by atoms with Crippen LogP contribution in [-0.2, 0) is 6.42 Å². The van der Waals surface area contributed by atoms with Crippen LogP contribution in [0.5, 0.6) is 5.75 Å². The van der Waals surface area contributed by atoms with Crippen molar-refractivity contribution in [2.75, 3.05) is 6.54 Å². The summed E-state index contributed by atoms with van der Waals surface area (Å²) >= 11 is 0. The van der Waals surface area contributed by atoms with Gasteiger partial charge in [0.25, 0.3) is 5.91 Å². The molecule has 0 saturated carbocycles. The van der Waals surface area contributed by atoms with Crippen LogP contribution >= 0.6 is 0 Å². The van der Waals surface area contributed by atoms with Crippen molar-refractivity contribution < 1.29 is 14.1 Å². The van der Waals surface area contributed by atoms with Gasteiger partial charge in [-0.15, -0.1) is 0 Å². The number of fused-ring (bicyclic) bond motifs is 1. The molecule has 0 spiro atoms. The van der Waals surface area contributed by atoms with E-state index in [0.717, 1.165) is 24.2 Å². The maximum Gasteiger partial charge on any atom is 0.258 e. The Morgan fingerprint density at radius 1 is 1.36 bits per heavy atom. The van der Waals surface area contributed by atoms with Crippen molar-refractivity contribution in [2.24, 2.45) is 0 Å². The van der Waals surface area contributed by atoms with E-state index in [4.69, 9.17) is 9.26 Å². The van der Waals surface area contributed by atoms with Crippen LogP contribution < -0.4 is 4.74 Å². The van der Waals surface area contributed by atoms with Crippen molar-refractivity contribution >= 4 is 5.91 Å².